The fourth-order valence-corrected chi connectivity index (χ4v) is 7.73. The van der Waals surface area contributed by atoms with Gasteiger partial charge in [-0.25, -0.2) is 0 Å². The zero-order valence-electron chi connectivity index (χ0n) is 40.2. The number of carbonyl (C=O) groups excluding carboxylic acids is 3. The summed E-state index contributed by atoms with van der Waals surface area (Å²) in [6.45, 7) is 6.64. The maximum absolute atomic E-state index is 12.8. The van der Waals surface area contributed by atoms with Crippen LogP contribution in [0.25, 0.3) is 0 Å². The zero-order chi connectivity index (χ0) is 43.7. The highest BCUT2D eigenvalue weighted by atomic mass is 16.6. The van der Waals surface area contributed by atoms with Crippen molar-refractivity contribution in [3.63, 3.8) is 0 Å². The maximum atomic E-state index is 12.8. The lowest BCUT2D eigenvalue weighted by atomic mass is 10.0. The van der Waals surface area contributed by atoms with Crippen LogP contribution in [-0.2, 0) is 28.6 Å². The van der Waals surface area contributed by atoms with Crippen molar-refractivity contribution in [2.24, 2.45) is 0 Å². The Morgan fingerprint density at radius 1 is 0.333 bits per heavy atom. The lowest BCUT2D eigenvalue weighted by Gasteiger charge is -2.18. The predicted octanol–water partition coefficient (Wildman–Crippen LogP) is 17.2. The number of carbonyl (C=O) groups is 3. The highest BCUT2D eigenvalue weighted by Crippen LogP contribution is 2.16. The van der Waals surface area contributed by atoms with Crippen LogP contribution in [0.2, 0.25) is 0 Å². The van der Waals surface area contributed by atoms with Crippen LogP contribution in [0, 0.1) is 0 Å². The van der Waals surface area contributed by atoms with Crippen LogP contribution in [0.1, 0.15) is 284 Å². The second-order valence-corrected chi connectivity index (χ2v) is 17.8. The standard InChI is InChI=1S/C54H100O6/c1-4-7-10-13-16-19-22-25-26-27-30-32-35-38-41-44-47-53(56)59-50-51(60-54(57)48-45-42-39-36-33-29-24-21-18-15-12-9-6-3)49-58-52(55)46-43-40-37-34-31-28-23-20-17-14-11-8-5-2/h26-27,30,32,51H,4-25,28-29,31,33-50H2,1-3H3/b27-26-,32-30-. The fourth-order valence-electron chi connectivity index (χ4n) is 7.73. The van der Waals surface area contributed by atoms with Crippen molar-refractivity contribution >= 4 is 17.9 Å². The molecular weight excluding hydrogens is 745 g/mol. The van der Waals surface area contributed by atoms with E-state index in [0.29, 0.717) is 19.3 Å². The molecule has 352 valence electrons. The third-order valence-corrected chi connectivity index (χ3v) is 11.7. The van der Waals surface area contributed by atoms with Crippen LogP contribution in [0.3, 0.4) is 0 Å². The molecule has 0 amide bonds. The Hall–Kier alpha value is -2.11. The van der Waals surface area contributed by atoms with Crippen LogP contribution in [0.15, 0.2) is 24.3 Å². The molecule has 0 spiro atoms. The summed E-state index contributed by atoms with van der Waals surface area (Å²) >= 11 is 0. The van der Waals surface area contributed by atoms with Gasteiger partial charge in [-0.1, -0.05) is 244 Å². The van der Waals surface area contributed by atoms with E-state index in [-0.39, 0.29) is 31.1 Å². The Morgan fingerprint density at radius 2 is 0.583 bits per heavy atom. The average molecular weight is 845 g/mol. The Labute approximate surface area is 373 Å². The van der Waals surface area contributed by atoms with E-state index < -0.39 is 6.10 Å². The van der Waals surface area contributed by atoms with Gasteiger partial charge in [0.15, 0.2) is 6.10 Å². The van der Waals surface area contributed by atoms with Crippen molar-refractivity contribution in [3.8, 4) is 0 Å². The second-order valence-electron chi connectivity index (χ2n) is 17.8. The van der Waals surface area contributed by atoms with Gasteiger partial charge in [-0.3, -0.25) is 14.4 Å². The van der Waals surface area contributed by atoms with Gasteiger partial charge in [-0.2, -0.15) is 0 Å². The van der Waals surface area contributed by atoms with Crippen molar-refractivity contribution in [1.82, 2.24) is 0 Å². The Kier molecular flexibility index (Phi) is 47.8. The van der Waals surface area contributed by atoms with Gasteiger partial charge >= 0.3 is 17.9 Å². The average Bonchev–Trinajstić information content (AvgIpc) is 3.24. The van der Waals surface area contributed by atoms with Gasteiger partial charge in [0.1, 0.15) is 13.2 Å². The van der Waals surface area contributed by atoms with Gasteiger partial charge < -0.3 is 14.2 Å². The van der Waals surface area contributed by atoms with Crippen LogP contribution < -0.4 is 0 Å². The number of unbranched alkanes of at least 4 members (excludes halogenated alkanes) is 34. The summed E-state index contributed by atoms with van der Waals surface area (Å²) in [6.07, 6.45) is 55.9. The molecule has 0 bridgehead atoms. The molecule has 0 saturated carbocycles. The summed E-state index contributed by atoms with van der Waals surface area (Å²) in [4.78, 5) is 37.9. The van der Waals surface area contributed by atoms with Crippen LogP contribution >= 0.6 is 0 Å². The van der Waals surface area contributed by atoms with Crippen molar-refractivity contribution in [2.75, 3.05) is 13.2 Å². The summed E-state index contributed by atoms with van der Waals surface area (Å²) in [7, 11) is 0. The molecule has 0 aromatic carbocycles. The van der Waals surface area contributed by atoms with Gasteiger partial charge in [-0.15, -0.1) is 0 Å². The summed E-state index contributed by atoms with van der Waals surface area (Å²) in [5, 5.41) is 0. The van der Waals surface area contributed by atoms with E-state index in [0.717, 1.165) is 70.6 Å². The van der Waals surface area contributed by atoms with Crippen LogP contribution in [0.4, 0.5) is 0 Å². The number of rotatable bonds is 48. The van der Waals surface area contributed by atoms with Gasteiger partial charge in [0.25, 0.3) is 0 Å². The first-order chi connectivity index (χ1) is 29.5. The van der Waals surface area contributed by atoms with E-state index in [4.69, 9.17) is 14.2 Å². The van der Waals surface area contributed by atoms with E-state index in [1.54, 1.807) is 0 Å². The van der Waals surface area contributed by atoms with E-state index in [1.165, 1.54) is 173 Å². The van der Waals surface area contributed by atoms with Crippen molar-refractivity contribution in [3.05, 3.63) is 24.3 Å². The first kappa shape index (κ1) is 57.9. The lowest BCUT2D eigenvalue weighted by Crippen LogP contribution is -2.30. The topological polar surface area (TPSA) is 78.9 Å². The van der Waals surface area contributed by atoms with Gasteiger partial charge in [-0.05, 0) is 44.9 Å². The van der Waals surface area contributed by atoms with Gasteiger partial charge in [0.05, 0.1) is 0 Å². The smallest absolute Gasteiger partial charge is 0.306 e. The number of ether oxygens (including phenoxy) is 3. The molecule has 0 rings (SSSR count). The first-order valence-corrected chi connectivity index (χ1v) is 26.4. The highest BCUT2D eigenvalue weighted by molar-refractivity contribution is 5.71. The molecule has 60 heavy (non-hydrogen) atoms. The molecular formula is C54H100O6. The lowest BCUT2D eigenvalue weighted by molar-refractivity contribution is -0.167. The molecule has 0 aliphatic heterocycles. The fraction of sp³-hybridized carbons (Fsp3) is 0.870. The van der Waals surface area contributed by atoms with Gasteiger partial charge in [0.2, 0.25) is 0 Å². The molecule has 0 aliphatic rings. The maximum Gasteiger partial charge on any atom is 0.306 e. The molecule has 0 saturated heterocycles. The predicted molar refractivity (Wildman–Crippen MR) is 256 cm³/mol. The van der Waals surface area contributed by atoms with Crippen LogP contribution in [-0.4, -0.2) is 37.2 Å². The van der Waals surface area contributed by atoms with Crippen molar-refractivity contribution < 1.29 is 28.6 Å². The normalized spacial score (nSPS) is 12.1. The largest absolute Gasteiger partial charge is 0.462 e. The molecule has 0 aliphatic carbocycles. The molecule has 1 unspecified atom stereocenters. The number of hydrogen-bond acceptors (Lipinski definition) is 6. The Balaban J connectivity index is 4.37. The highest BCUT2D eigenvalue weighted by Gasteiger charge is 2.19. The van der Waals surface area contributed by atoms with E-state index in [9.17, 15) is 14.4 Å². The number of hydrogen-bond donors (Lipinski definition) is 0. The van der Waals surface area contributed by atoms with Crippen molar-refractivity contribution in [2.45, 2.75) is 290 Å². The molecule has 0 fully saturated rings. The monoisotopic (exact) mass is 845 g/mol. The molecule has 0 aromatic heterocycles. The third-order valence-electron chi connectivity index (χ3n) is 11.7. The summed E-state index contributed by atoms with van der Waals surface area (Å²) in [5.41, 5.74) is 0. The zero-order valence-corrected chi connectivity index (χ0v) is 40.2. The molecule has 6 nitrogen and oxygen atoms in total. The molecule has 1 atom stereocenters. The first-order valence-electron chi connectivity index (χ1n) is 26.4. The summed E-state index contributed by atoms with van der Waals surface area (Å²) in [6, 6.07) is 0. The number of allylic oxidation sites excluding steroid dienone is 4. The minimum atomic E-state index is -0.775. The van der Waals surface area contributed by atoms with E-state index >= 15 is 0 Å². The summed E-state index contributed by atoms with van der Waals surface area (Å²) in [5.74, 6) is -0.887. The Bertz CT molecular complexity index is 973. The molecule has 0 heterocycles. The molecule has 0 N–H and O–H groups in total. The minimum Gasteiger partial charge on any atom is -0.462 e. The molecule has 6 heteroatoms. The van der Waals surface area contributed by atoms with Crippen LogP contribution in [0.5, 0.6) is 0 Å². The van der Waals surface area contributed by atoms with E-state index in [2.05, 4.69) is 45.1 Å². The van der Waals surface area contributed by atoms with Crippen molar-refractivity contribution in [1.29, 1.82) is 0 Å². The summed E-state index contributed by atoms with van der Waals surface area (Å²) < 4.78 is 16.8. The third kappa shape index (κ3) is 46.9. The quantitative estimate of drug-likeness (QED) is 0.0263. The second kappa shape index (κ2) is 49.5. The van der Waals surface area contributed by atoms with E-state index in [1.807, 2.05) is 0 Å². The Morgan fingerprint density at radius 3 is 0.900 bits per heavy atom. The number of esters is 3. The molecule has 0 aromatic rings. The SMILES string of the molecule is CCCCCCCCC/C=C\C=C/CCCCCC(=O)OCC(COC(=O)CCCCCCCCCCCCCCC)OC(=O)CCCCCCCCCCCCCCC. The molecule has 0 radical (unpaired) electrons. The minimum absolute atomic E-state index is 0.0747. The van der Waals surface area contributed by atoms with Gasteiger partial charge in [0, 0.05) is 19.3 Å².